The van der Waals surface area contributed by atoms with Gasteiger partial charge >= 0.3 is 0 Å². The minimum absolute atomic E-state index is 0.0593. The van der Waals surface area contributed by atoms with Gasteiger partial charge in [-0.15, -0.1) is 11.6 Å². The zero-order valence-electron chi connectivity index (χ0n) is 11.4. The molecule has 0 atom stereocenters. The minimum Gasteiger partial charge on any atom is -0.282 e. The fourth-order valence-electron chi connectivity index (χ4n) is 1.98. The fourth-order valence-corrected chi connectivity index (χ4v) is 3.33. The molecule has 0 aliphatic carbocycles. The summed E-state index contributed by atoms with van der Waals surface area (Å²) in [5.41, 5.74) is 2.00. The van der Waals surface area contributed by atoms with Crippen molar-refractivity contribution in [3.05, 3.63) is 18.0 Å². The second kappa shape index (κ2) is 5.97. The molecule has 2 aromatic heterocycles. The molecule has 0 bridgehead atoms. The van der Waals surface area contributed by atoms with E-state index in [4.69, 9.17) is 11.6 Å². The van der Waals surface area contributed by atoms with Gasteiger partial charge in [-0.05, 0) is 25.8 Å². The number of sulfonamides is 1. The summed E-state index contributed by atoms with van der Waals surface area (Å²) in [6, 6.07) is 1.75. The van der Waals surface area contributed by atoms with Crippen molar-refractivity contribution < 1.29 is 8.42 Å². The van der Waals surface area contributed by atoms with Crippen LogP contribution in [-0.2, 0) is 17.1 Å². The Morgan fingerprint density at radius 1 is 1.40 bits per heavy atom. The average Bonchev–Trinajstić information content (AvgIpc) is 2.64. The van der Waals surface area contributed by atoms with E-state index in [0.29, 0.717) is 24.4 Å². The smallest absolute Gasteiger partial charge is 0.232 e. The van der Waals surface area contributed by atoms with Crippen molar-refractivity contribution >= 4 is 38.3 Å². The summed E-state index contributed by atoms with van der Waals surface area (Å²) in [6.07, 6.45) is 2.73. The Bertz CT molecular complexity index is 712. The van der Waals surface area contributed by atoms with Crippen LogP contribution in [0, 0.1) is 6.92 Å². The van der Waals surface area contributed by atoms with E-state index in [0.717, 1.165) is 16.7 Å². The SMILES string of the molecule is Cc1nn(C)c2ncc(NS(=O)(=O)CCCCCl)cc12. The first-order valence-electron chi connectivity index (χ1n) is 6.29. The van der Waals surface area contributed by atoms with Gasteiger partial charge in [0.15, 0.2) is 5.65 Å². The van der Waals surface area contributed by atoms with Crippen LogP contribution in [0.25, 0.3) is 11.0 Å². The molecule has 2 aromatic rings. The second-order valence-electron chi connectivity index (χ2n) is 4.62. The third kappa shape index (κ3) is 3.40. The van der Waals surface area contributed by atoms with Crippen LogP contribution in [-0.4, -0.2) is 34.8 Å². The van der Waals surface area contributed by atoms with E-state index >= 15 is 0 Å². The highest BCUT2D eigenvalue weighted by atomic mass is 35.5. The van der Waals surface area contributed by atoms with Gasteiger partial charge in [-0.3, -0.25) is 9.40 Å². The Balaban J connectivity index is 2.19. The van der Waals surface area contributed by atoms with E-state index in [2.05, 4.69) is 14.8 Å². The predicted molar refractivity (Wildman–Crippen MR) is 80.6 cm³/mol. The number of rotatable bonds is 6. The van der Waals surface area contributed by atoms with Gasteiger partial charge in [0, 0.05) is 18.3 Å². The first-order valence-corrected chi connectivity index (χ1v) is 8.47. The van der Waals surface area contributed by atoms with Crippen LogP contribution in [0.3, 0.4) is 0 Å². The Hall–Kier alpha value is -1.34. The fraction of sp³-hybridized carbons (Fsp3) is 0.500. The number of aryl methyl sites for hydroxylation is 2. The lowest BCUT2D eigenvalue weighted by molar-refractivity contribution is 0.598. The summed E-state index contributed by atoms with van der Waals surface area (Å²) in [6.45, 7) is 1.86. The molecule has 2 rings (SSSR count). The van der Waals surface area contributed by atoms with Crippen molar-refractivity contribution in [1.82, 2.24) is 14.8 Å². The zero-order valence-corrected chi connectivity index (χ0v) is 13.0. The summed E-state index contributed by atoms with van der Waals surface area (Å²) < 4.78 is 28.0. The molecule has 0 aliphatic heterocycles. The number of halogens is 1. The number of fused-ring (bicyclic) bond motifs is 1. The Kier molecular flexibility index (Phi) is 4.49. The normalized spacial score (nSPS) is 11.9. The molecule has 2 heterocycles. The van der Waals surface area contributed by atoms with Crippen LogP contribution < -0.4 is 4.72 Å². The quantitative estimate of drug-likeness (QED) is 0.653. The molecule has 0 fully saturated rings. The highest BCUT2D eigenvalue weighted by molar-refractivity contribution is 7.92. The van der Waals surface area contributed by atoms with Crippen molar-refractivity contribution in [2.75, 3.05) is 16.4 Å². The molecule has 8 heteroatoms. The zero-order chi connectivity index (χ0) is 14.8. The Morgan fingerprint density at radius 2 is 2.15 bits per heavy atom. The molecule has 0 spiro atoms. The van der Waals surface area contributed by atoms with Gasteiger partial charge in [-0.25, -0.2) is 13.4 Å². The lowest BCUT2D eigenvalue weighted by Gasteiger charge is -2.07. The third-order valence-electron chi connectivity index (χ3n) is 2.93. The molecular weight excluding hydrogens is 300 g/mol. The third-order valence-corrected chi connectivity index (χ3v) is 4.57. The van der Waals surface area contributed by atoms with Crippen LogP contribution in [0.15, 0.2) is 12.3 Å². The van der Waals surface area contributed by atoms with Crippen LogP contribution in [0.5, 0.6) is 0 Å². The molecule has 0 saturated carbocycles. The van der Waals surface area contributed by atoms with Gasteiger partial charge in [0.25, 0.3) is 0 Å². The number of alkyl halides is 1. The highest BCUT2D eigenvalue weighted by Crippen LogP contribution is 2.20. The van der Waals surface area contributed by atoms with Gasteiger partial charge < -0.3 is 0 Å². The molecule has 20 heavy (non-hydrogen) atoms. The molecule has 0 aromatic carbocycles. The number of pyridine rings is 1. The molecule has 110 valence electrons. The molecule has 1 N–H and O–H groups in total. The van der Waals surface area contributed by atoms with Gasteiger partial charge in [0.05, 0.1) is 23.3 Å². The number of anilines is 1. The molecular formula is C12H17ClN4O2S. The molecule has 0 unspecified atom stereocenters. The first-order chi connectivity index (χ1) is 9.43. The summed E-state index contributed by atoms with van der Waals surface area (Å²) in [5.74, 6) is 0.529. The highest BCUT2D eigenvalue weighted by Gasteiger charge is 2.12. The Morgan fingerprint density at radius 3 is 2.85 bits per heavy atom. The number of nitrogens with zero attached hydrogens (tertiary/aromatic N) is 3. The maximum Gasteiger partial charge on any atom is 0.232 e. The summed E-state index contributed by atoms with van der Waals surface area (Å²) >= 11 is 5.54. The first kappa shape index (κ1) is 15.1. The van der Waals surface area contributed by atoms with E-state index in [9.17, 15) is 8.42 Å². The van der Waals surface area contributed by atoms with E-state index in [1.54, 1.807) is 17.8 Å². The number of hydrogen-bond donors (Lipinski definition) is 1. The van der Waals surface area contributed by atoms with Crippen molar-refractivity contribution in [2.45, 2.75) is 19.8 Å². The van der Waals surface area contributed by atoms with E-state index in [-0.39, 0.29) is 5.75 Å². The van der Waals surface area contributed by atoms with E-state index < -0.39 is 10.0 Å². The predicted octanol–water partition coefficient (Wildman–Crippen LogP) is 2.04. The largest absolute Gasteiger partial charge is 0.282 e. The van der Waals surface area contributed by atoms with Gasteiger partial charge in [0.1, 0.15) is 0 Å². The lowest BCUT2D eigenvalue weighted by atomic mass is 10.3. The van der Waals surface area contributed by atoms with E-state index in [1.807, 2.05) is 6.92 Å². The van der Waals surface area contributed by atoms with Crippen molar-refractivity contribution in [3.8, 4) is 0 Å². The summed E-state index contributed by atoms with van der Waals surface area (Å²) in [7, 11) is -1.55. The molecule has 0 radical (unpaired) electrons. The van der Waals surface area contributed by atoms with Gasteiger partial charge in [-0.1, -0.05) is 0 Å². The van der Waals surface area contributed by atoms with Crippen molar-refractivity contribution in [2.24, 2.45) is 7.05 Å². The van der Waals surface area contributed by atoms with Crippen molar-refractivity contribution in [1.29, 1.82) is 0 Å². The Labute approximate surface area is 123 Å². The summed E-state index contributed by atoms with van der Waals surface area (Å²) in [4.78, 5) is 4.23. The topological polar surface area (TPSA) is 76.9 Å². The van der Waals surface area contributed by atoms with Crippen LogP contribution in [0.2, 0.25) is 0 Å². The van der Waals surface area contributed by atoms with Gasteiger partial charge in [-0.2, -0.15) is 5.10 Å². The number of unbranched alkanes of at least 4 members (excludes halogenated alkanes) is 1. The van der Waals surface area contributed by atoms with Crippen LogP contribution in [0.4, 0.5) is 5.69 Å². The molecule has 6 nitrogen and oxygen atoms in total. The van der Waals surface area contributed by atoms with Crippen LogP contribution in [0.1, 0.15) is 18.5 Å². The molecule has 0 amide bonds. The second-order valence-corrected chi connectivity index (χ2v) is 6.84. The van der Waals surface area contributed by atoms with Crippen molar-refractivity contribution in [3.63, 3.8) is 0 Å². The van der Waals surface area contributed by atoms with E-state index in [1.165, 1.54) is 6.20 Å². The molecule has 0 aliphatic rings. The summed E-state index contributed by atoms with van der Waals surface area (Å²) in [5, 5.41) is 5.09. The lowest BCUT2D eigenvalue weighted by Crippen LogP contribution is -2.16. The standard InChI is InChI=1S/C12H17ClN4O2S/c1-9-11-7-10(8-14-12(11)17(2)15-9)16-20(18,19)6-4-3-5-13/h7-8,16H,3-6H2,1-2H3. The molecule has 0 saturated heterocycles. The maximum absolute atomic E-state index is 11.9. The average molecular weight is 317 g/mol. The van der Waals surface area contributed by atoms with Crippen LogP contribution >= 0.6 is 11.6 Å². The minimum atomic E-state index is -3.36. The van der Waals surface area contributed by atoms with Gasteiger partial charge in [0.2, 0.25) is 10.0 Å². The number of aromatic nitrogens is 3. The number of nitrogens with one attached hydrogen (secondary N) is 1. The number of hydrogen-bond acceptors (Lipinski definition) is 4. The maximum atomic E-state index is 11.9. The monoisotopic (exact) mass is 316 g/mol.